The van der Waals surface area contributed by atoms with Crippen LogP contribution in [-0.4, -0.2) is 51.5 Å². The molecule has 33 heavy (non-hydrogen) atoms. The van der Waals surface area contributed by atoms with E-state index >= 15 is 0 Å². The van der Waals surface area contributed by atoms with Crippen molar-refractivity contribution in [2.75, 3.05) is 13.7 Å². The number of aliphatic hydroxyl groups is 1. The number of rotatable bonds is 9. The quantitative estimate of drug-likeness (QED) is 0.216. The van der Waals surface area contributed by atoms with Crippen LogP contribution in [-0.2, 0) is 14.4 Å². The minimum absolute atomic E-state index is 0.0218. The number of aromatic hydroxyl groups is 1. The normalized spacial score (nSPS) is 17.4. The predicted octanol–water partition coefficient (Wildman–Crippen LogP) is 4.12. The van der Waals surface area contributed by atoms with Crippen molar-refractivity contribution < 1.29 is 34.4 Å². The lowest BCUT2D eigenvalue weighted by atomic mass is 9.95. The molecule has 2 aromatic carbocycles. The van der Waals surface area contributed by atoms with E-state index in [0.29, 0.717) is 35.4 Å². The largest absolute Gasteiger partial charge is 0.507 e. The predicted molar refractivity (Wildman–Crippen MR) is 121 cm³/mol. The first kappa shape index (κ1) is 24.1. The smallest absolute Gasteiger partial charge is 0.303 e. The average molecular weight is 474 g/mol. The number of carbonyl (C=O) groups excluding carboxylic acids is 2. The van der Waals surface area contributed by atoms with Gasteiger partial charge in [0.25, 0.3) is 11.7 Å². The summed E-state index contributed by atoms with van der Waals surface area (Å²) >= 11 is 5.92. The lowest BCUT2D eigenvalue weighted by Gasteiger charge is -2.25. The van der Waals surface area contributed by atoms with Crippen molar-refractivity contribution in [3.8, 4) is 11.5 Å². The number of hydrogen-bond donors (Lipinski definition) is 3. The molecule has 1 unspecified atom stereocenters. The number of hydrogen-bond acceptors (Lipinski definition) is 6. The molecule has 1 heterocycles. The Labute approximate surface area is 195 Å². The van der Waals surface area contributed by atoms with Gasteiger partial charge >= 0.3 is 5.97 Å². The van der Waals surface area contributed by atoms with Crippen molar-refractivity contribution in [1.82, 2.24) is 4.90 Å². The van der Waals surface area contributed by atoms with E-state index in [9.17, 15) is 24.6 Å². The Balaban J connectivity index is 2.02. The number of nitrogens with zero attached hydrogens (tertiary/aromatic N) is 1. The minimum atomic E-state index is -0.908. The van der Waals surface area contributed by atoms with E-state index in [2.05, 4.69) is 0 Å². The number of ether oxygens (including phenoxy) is 1. The molecule has 0 aromatic heterocycles. The Kier molecular flexibility index (Phi) is 7.60. The van der Waals surface area contributed by atoms with Crippen LogP contribution in [0.25, 0.3) is 5.76 Å². The number of halogens is 1. The molecule has 1 aliphatic rings. The fourth-order valence-corrected chi connectivity index (χ4v) is 3.95. The highest BCUT2D eigenvalue weighted by atomic mass is 35.5. The van der Waals surface area contributed by atoms with Crippen molar-refractivity contribution in [3.05, 3.63) is 64.2 Å². The number of methoxy groups -OCH3 is 1. The van der Waals surface area contributed by atoms with Gasteiger partial charge in [0.1, 0.15) is 5.76 Å². The number of aliphatic carboxylic acids is 1. The third-order valence-corrected chi connectivity index (χ3v) is 5.72. The van der Waals surface area contributed by atoms with Crippen LogP contribution in [0.1, 0.15) is 42.9 Å². The molecule has 2 aromatic rings. The number of likely N-dealkylation sites (tertiary alicyclic amines) is 1. The van der Waals surface area contributed by atoms with Gasteiger partial charge in [0.15, 0.2) is 11.5 Å². The van der Waals surface area contributed by atoms with Crippen molar-refractivity contribution >= 4 is 35.0 Å². The van der Waals surface area contributed by atoms with E-state index in [1.54, 1.807) is 30.3 Å². The van der Waals surface area contributed by atoms with Crippen LogP contribution in [0.2, 0.25) is 5.02 Å². The van der Waals surface area contributed by atoms with Crippen LogP contribution in [0.4, 0.5) is 0 Å². The molecule has 0 spiro atoms. The molecule has 0 aliphatic carbocycles. The van der Waals surface area contributed by atoms with E-state index in [1.807, 2.05) is 0 Å². The number of ketones is 1. The number of phenolic OH excluding ortho intramolecular Hbond substituents is 1. The maximum atomic E-state index is 13.0. The molecule has 0 bridgehead atoms. The fourth-order valence-electron chi connectivity index (χ4n) is 3.82. The second-order valence-electron chi connectivity index (χ2n) is 7.64. The monoisotopic (exact) mass is 473 g/mol. The number of carbonyl (C=O) groups is 3. The fraction of sp³-hybridized carbons (Fsp3) is 0.292. The van der Waals surface area contributed by atoms with Crippen LogP contribution in [0.15, 0.2) is 48.0 Å². The number of carboxylic acids is 1. The Bertz CT molecular complexity index is 1090. The van der Waals surface area contributed by atoms with Gasteiger partial charge in [-0.05, 0) is 54.8 Å². The number of unbranched alkanes of at least 4 members (excludes halogenated alkanes) is 2. The van der Waals surface area contributed by atoms with Gasteiger partial charge in [0.05, 0.1) is 18.7 Å². The molecule has 0 radical (unpaired) electrons. The topological polar surface area (TPSA) is 124 Å². The number of benzene rings is 2. The Morgan fingerprint density at radius 1 is 1.06 bits per heavy atom. The van der Waals surface area contributed by atoms with Crippen molar-refractivity contribution in [3.63, 3.8) is 0 Å². The lowest BCUT2D eigenvalue weighted by Crippen LogP contribution is -2.30. The summed E-state index contributed by atoms with van der Waals surface area (Å²) in [6.07, 6.45) is 1.50. The van der Waals surface area contributed by atoms with Gasteiger partial charge in [-0.3, -0.25) is 14.4 Å². The molecule has 3 N–H and O–H groups in total. The summed E-state index contributed by atoms with van der Waals surface area (Å²) in [5.74, 6) is -2.77. The highest BCUT2D eigenvalue weighted by Gasteiger charge is 2.46. The first-order valence-corrected chi connectivity index (χ1v) is 10.8. The van der Waals surface area contributed by atoms with Gasteiger partial charge in [0, 0.05) is 23.6 Å². The summed E-state index contributed by atoms with van der Waals surface area (Å²) < 4.78 is 5.18. The molecular formula is C24H24ClNO7. The molecule has 1 amide bonds. The lowest BCUT2D eigenvalue weighted by molar-refractivity contribution is -0.140. The van der Waals surface area contributed by atoms with Crippen LogP contribution >= 0.6 is 11.6 Å². The van der Waals surface area contributed by atoms with Gasteiger partial charge in [-0.1, -0.05) is 24.1 Å². The standard InChI is InChI=1S/C24H24ClNO7/c1-33-18-13-15(8-11-17(18)27)21-20(22(30)14-6-9-16(25)10-7-14)23(31)24(32)26(21)12-4-2-3-5-19(28)29/h6-11,13,21,27,30H,2-5,12H2,1H3,(H,28,29). The molecule has 1 saturated heterocycles. The SMILES string of the molecule is COc1cc(C2C(=C(O)c3ccc(Cl)cc3)C(=O)C(=O)N2CCCCCC(=O)O)ccc1O. The number of amides is 1. The minimum Gasteiger partial charge on any atom is -0.507 e. The van der Waals surface area contributed by atoms with Crippen LogP contribution in [0.3, 0.4) is 0 Å². The first-order chi connectivity index (χ1) is 15.7. The summed E-state index contributed by atoms with van der Waals surface area (Å²) in [5, 5.41) is 30.2. The summed E-state index contributed by atoms with van der Waals surface area (Å²) in [7, 11) is 1.38. The second kappa shape index (κ2) is 10.4. The third kappa shape index (κ3) is 5.28. The van der Waals surface area contributed by atoms with Crippen LogP contribution in [0.5, 0.6) is 11.5 Å². The van der Waals surface area contributed by atoms with E-state index in [-0.39, 0.29) is 35.8 Å². The van der Waals surface area contributed by atoms with Gasteiger partial charge < -0.3 is 25.0 Å². The van der Waals surface area contributed by atoms with E-state index < -0.39 is 23.7 Å². The molecule has 1 fully saturated rings. The summed E-state index contributed by atoms with van der Waals surface area (Å²) in [6.45, 7) is 0.190. The van der Waals surface area contributed by atoms with Crippen LogP contribution in [0, 0.1) is 0 Å². The van der Waals surface area contributed by atoms with E-state index in [0.717, 1.165) is 0 Å². The highest BCUT2D eigenvalue weighted by molar-refractivity contribution is 6.46. The second-order valence-corrected chi connectivity index (χ2v) is 8.07. The molecule has 1 aliphatic heterocycles. The van der Waals surface area contributed by atoms with Crippen molar-refractivity contribution in [2.45, 2.75) is 31.7 Å². The Morgan fingerprint density at radius 3 is 2.39 bits per heavy atom. The third-order valence-electron chi connectivity index (χ3n) is 5.47. The molecule has 0 saturated carbocycles. The van der Waals surface area contributed by atoms with E-state index in [1.165, 1.54) is 24.1 Å². The van der Waals surface area contributed by atoms with Gasteiger partial charge in [-0.15, -0.1) is 0 Å². The molecular weight excluding hydrogens is 450 g/mol. The summed E-state index contributed by atoms with van der Waals surface area (Å²) in [4.78, 5) is 38.0. The maximum Gasteiger partial charge on any atom is 0.303 e. The molecule has 174 valence electrons. The molecule has 3 rings (SSSR count). The van der Waals surface area contributed by atoms with Gasteiger partial charge in [0.2, 0.25) is 0 Å². The average Bonchev–Trinajstić information content (AvgIpc) is 3.04. The van der Waals surface area contributed by atoms with Crippen LogP contribution < -0.4 is 4.74 Å². The zero-order valence-corrected chi connectivity index (χ0v) is 18.7. The van der Waals surface area contributed by atoms with E-state index in [4.69, 9.17) is 21.4 Å². The van der Waals surface area contributed by atoms with Crippen molar-refractivity contribution in [1.29, 1.82) is 0 Å². The summed E-state index contributed by atoms with van der Waals surface area (Å²) in [6, 6.07) is 9.77. The first-order valence-electron chi connectivity index (χ1n) is 10.4. The zero-order valence-electron chi connectivity index (χ0n) is 18.0. The maximum absolute atomic E-state index is 13.0. The molecule has 8 nitrogen and oxygen atoms in total. The number of carboxylic acid groups (broad SMARTS) is 1. The summed E-state index contributed by atoms with van der Waals surface area (Å²) in [5.41, 5.74) is 0.722. The zero-order chi connectivity index (χ0) is 24.1. The molecule has 1 atom stereocenters. The Morgan fingerprint density at radius 2 is 1.76 bits per heavy atom. The Hall–Kier alpha value is -3.52. The van der Waals surface area contributed by atoms with Gasteiger partial charge in [-0.2, -0.15) is 0 Å². The van der Waals surface area contributed by atoms with Crippen molar-refractivity contribution in [2.24, 2.45) is 0 Å². The number of phenols is 1. The number of aliphatic hydroxyl groups excluding tert-OH is 1. The molecule has 9 heteroatoms. The van der Waals surface area contributed by atoms with Gasteiger partial charge in [-0.25, -0.2) is 0 Å². The number of Topliss-reactive ketones (excluding diaryl/α,β-unsaturated/α-hetero) is 1. The highest BCUT2D eigenvalue weighted by Crippen LogP contribution is 2.42.